The standard InChI is InChI=1S/C26H37N3O5/c1-16(2)13-18-14-20-17(15-21(18)32-6)9-10-19-22(20)28-29(23(19)24(30)33-7)12-8-11-27-25(31)34-26(3,4)5/h14-16H,8-13H2,1-7H3,(H,27,31). The van der Waals surface area contributed by atoms with Gasteiger partial charge in [0.25, 0.3) is 0 Å². The van der Waals surface area contributed by atoms with Crippen LogP contribution in [0.3, 0.4) is 0 Å². The van der Waals surface area contributed by atoms with E-state index in [1.165, 1.54) is 12.7 Å². The molecule has 1 N–H and O–H groups in total. The van der Waals surface area contributed by atoms with E-state index in [-0.39, 0.29) is 0 Å². The molecule has 1 heterocycles. The van der Waals surface area contributed by atoms with Crippen molar-refractivity contribution in [2.45, 2.75) is 72.4 Å². The average molecular weight is 472 g/mol. The minimum atomic E-state index is -0.548. The van der Waals surface area contributed by atoms with Crippen molar-refractivity contribution in [2.24, 2.45) is 5.92 Å². The number of nitrogens with one attached hydrogen (secondary N) is 1. The number of benzene rings is 1. The Kier molecular flexibility index (Phi) is 7.89. The van der Waals surface area contributed by atoms with E-state index in [0.717, 1.165) is 41.0 Å². The van der Waals surface area contributed by atoms with Crippen LogP contribution in [0, 0.1) is 5.92 Å². The molecule has 8 heteroatoms. The maximum absolute atomic E-state index is 12.7. The molecule has 186 valence electrons. The van der Waals surface area contributed by atoms with Crippen LogP contribution in [-0.4, -0.2) is 48.2 Å². The number of aromatic nitrogens is 2. The molecule has 0 saturated carbocycles. The van der Waals surface area contributed by atoms with E-state index >= 15 is 0 Å². The lowest BCUT2D eigenvalue weighted by Gasteiger charge is -2.20. The number of fused-ring (bicyclic) bond motifs is 3. The highest BCUT2D eigenvalue weighted by Crippen LogP contribution is 2.39. The summed E-state index contributed by atoms with van der Waals surface area (Å²) >= 11 is 0. The maximum atomic E-state index is 12.7. The first kappa shape index (κ1) is 25.6. The molecule has 0 saturated heterocycles. The molecule has 0 radical (unpaired) electrons. The van der Waals surface area contributed by atoms with E-state index in [1.54, 1.807) is 11.8 Å². The van der Waals surface area contributed by atoms with Crippen molar-refractivity contribution < 1.29 is 23.8 Å². The van der Waals surface area contributed by atoms with Crippen LogP contribution in [0.2, 0.25) is 0 Å². The van der Waals surface area contributed by atoms with E-state index in [0.29, 0.717) is 37.5 Å². The number of carbonyl (C=O) groups excluding carboxylic acids is 2. The van der Waals surface area contributed by atoms with Gasteiger partial charge in [-0.2, -0.15) is 5.10 Å². The zero-order valence-corrected chi connectivity index (χ0v) is 21.4. The molecule has 0 unspecified atom stereocenters. The third kappa shape index (κ3) is 5.90. The predicted molar refractivity (Wildman–Crippen MR) is 130 cm³/mol. The van der Waals surface area contributed by atoms with Crippen LogP contribution < -0.4 is 10.1 Å². The van der Waals surface area contributed by atoms with E-state index in [1.807, 2.05) is 20.8 Å². The predicted octanol–water partition coefficient (Wildman–Crippen LogP) is 4.56. The van der Waals surface area contributed by atoms with Gasteiger partial charge in [0.2, 0.25) is 0 Å². The summed E-state index contributed by atoms with van der Waals surface area (Å²) in [5.41, 5.74) is 5.04. The number of aryl methyl sites for hydroxylation is 2. The Morgan fingerprint density at radius 2 is 1.91 bits per heavy atom. The summed E-state index contributed by atoms with van der Waals surface area (Å²) in [7, 11) is 3.09. The first-order chi connectivity index (χ1) is 16.0. The fourth-order valence-corrected chi connectivity index (χ4v) is 4.32. The molecule has 0 atom stereocenters. The number of ether oxygens (including phenoxy) is 3. The normalized spacial score (nSPS) is 12.7. The van der Waals surface area contributed by atoms with E-state index < -0.39 is 17.7 Å². The smallest absolute Gasteiger partial charge is 0.407 e. The number of alkyl carbamates (subject to hydrolysis) is 1. The van der Waals surface area contributed by atoms with Gasteiger partial charge in [0.1, 0.15) is 17.0 Å². The van der Waals surface area contributed by atoms with Crippen LogP contribution in [0.15, 0.2) is 12.1 Å². The highest BCUT2D eigenvalue weighted by molar-refractivity contribution is 5.92. The second-order valence-corrected chi connectivity index (χ2v) is 10.1. The molecule has 34 heavy (non-hydrogen) atoms. The van der Waals surface area contributed by atoms with Gasteiger partial charge in [0.15, 0.2) is 0 Å². The second-order valence-electron chi connectivity index (χ2n) is 10.1. The number of hydrogen-bond acceptors (Lipinski definition) is 6. The number of esters is 1. The Hall–Kier alpha value is -3.03. The van der Waals surface area contributed by atoms with Gasteiger partial charge in [-0.25, -0.2) is 9.59 Å². The monoisotopic (exact) mass is 471 g/mol. The molecular weight excluding hydrogens is 434 g/mol. The third-order valence-corrected chi connectivity index (χ3v) is 5.68. The molecule has 1 aliphatic carbocycles. The Labute approximate surface area is 202 Å². The minimum absolute atomic E-state index is 0.395. The van der Waals surface area contributed by atoms with Crippen LogP contribution in [0.4, 0.5) is 4.79 Å². The minimum Gasteiger partial charge on any atom is -0.496 e. The largest absolute Gasteiger partial charge is 0.496 e. The SMILES string of the molecule is COC(=O)c1c2c(nn1CCCNC(=O)OC(C)(C)C)-c1cc(CC(C)C)c(OC)cc1CC2. The zero-order chi connectivity index (χ0) is 25.0. The summed E-state index contributed by atoms with van der Waals surface area (Å²) in [4.78, 5) is 24.6. The number of amides is 1. The number of nitrogens with zero attached hydrogens (tertiary/aromatic N) is 2. The lowest BCUT2D eigenvalue weighted by Crippen LogP contribution is -2.33. The summed E-state index contributed by atoms with van der Waals surface area (Å²) in [6.07, 6.45) is 2.54. The highest BCUT2D eigenvalue weighted by atomic mass is 16.6. The molecule has 0 aliphatic heterocycles. The summed E-state index contributed by atoms with van der Waals surface area (Å²) in [6.45, 7) is 10.7. The molecule has 1 aromatic heterocycles. The van der Waals surface area contributed by atoms with Gasteiger partial charge >= 0.3 is 12.1 Å². The summed E-state index contributed by atoms with van der Waals surface area (Å²) in [5.74, 6) is 0.987. The van der Waals surface area contributed by atoms with Gasteiger partial charge in [-0.3, -0.25) is 4.68 Å². The van der Waals surface area contributed by atoms with Gasteiger partial charge in [0, 0.05) is 24.2 Å². The van der Waals surface area contributed by atoms with Gasteiger partial charge in [0.05, 0.1) is 19.9 Å². The van der Waals surface area contributed by atoms with Gasteiger partial charge < -0.3 is 19.5 Å². The molecular formula is C26H37N3O5. The quantitative estimate of drug-likeness (QED) is 0.448. The first-order valence-corrected chi connectivity index (χ1v) is 11.9. The van der Waals surface area contributed by atoms with Gasteiger partial charge in [-0.1, -0.05) is 13.8 Å². The van der Waals surface area contributed by atoms with Crippen LogP contribution in [-0.2, 0) is 35.3 Å². The Balaban J connectivity index is 1.87. The topological polar surface area (TPSA) is 91.7 Å². The van der Waals surface area contributed by atoms with Crippen molar-refractivity contribution in [3.05, 3.63) is 34.5 Å². The molecule has 1 aliphatic rings. The van der Waals surface area contributed by atoms with Crippen LogP contribution >= 0.6 is 0 Å². The lowest BCUT2D eigenvalue weighted by atomic mass is 9.86. The van der Waals surface area contributed by atoms with E-state index in [4.69, 9.17) is 19.3 Å². The molecule has 2 aromatic rings. The van der Waals surface area contributed by atoms with Crippen LogP contribution in [0.1, 0.15) is 68.2 Å². The van der Waals surface area contributed by atoms with E-state index in [2.05, 4.69) is 31.3 Å². The Bertz CT molecular complexity index is 1050. The molecule has 0 bridgehead atoms. The lowest BCUT2D eigenvalue weighted by molar-refractivity contribution is 0.0522. The molecule has 1 amide bonds. The molecule has 8 nitrogen and oxygen atoms in total. The van der Waals surface area contributed by atoms with Crippen molar-refractivity contribution in [3.63, 3.8) is 0 Å². The molecule has 0 fully saturated rings. The average Bonchev–Trinajstić information content (AvgIpc) is 3.13. The van der Waals surface area contributed by atoms with E-state index in [9.17, 15) is 9.59 Å². The molecule has 3 rings (SSSR count). The van der Waals surface area contributed by atoms with Crippen molar-refractivity contribution in [1.82, 2.24) is 15.1 Å². The third-order valence-electron chi connectivity index (χ3n) is 5.68. The number of methoxy groups -OCH3 is 2. The van der Waals surface area contributed by atoms with Crippen molar-refractivity contribution >= 4 is 12.1 Å². The number of carbonyl (C=O) groups is 2. The van der Waals surface area contributed by atoms with Crippen molar-refractivity contribution in [3.8, 4) is 17.0 Å². The van der Waals surface area contributed by atoms with Crippen LogP contribution in [0.25, 0.3) is 11.3 Å². The molecule has 0 spiro atoms. The molecule has 1 aromatic carbocycles. The summed E-state index contributed by atoms with van der Waals surface area (Å²) < 4.78 is 17.7. The Morgan fingerprint density at radius 1 is 1.18 bits per heavy atom. The van der Waals surface area contributed by atoms with Crippen molar-refractivity contribution in [1.29, 1.82) is 0 Å². The fraction of sp³-hybridized carbons (Fsp3) is 0.577. The second kappa shape index (κ2) is 10.5. The Morgan fingerprint density at radius 3 is 2.53 bits per heavy atom. The van der Waals surface area contributed by atoms with Crippen LogP contribution in [0.5, 0.6) is 5.75 Å². The fourth-order valence-electron chi connectivity index (χ4n) is 4.32. The summed E-state index contributed by atoms with van der Waals surface area (Å²) in [6, 6.07) is 4.27. The highest BCUT2D eigenvalue weighted by Gasteiger charge is 2.30. The van der Waals surface area contributed by atoms with Crippen molar-refractivity contribution in [2.75, 3.05) is 20.8 Å². The number of hydrogen-bond donors (Lipinski definition) is 1. The number of rotatable bonds is 8. The zero-order valence-electron chi connectivity index (χ0n) is 21.4. The summed E-state index contributed by atoms with van der Waals surface area (Å²) in [5, 5.41) is 7.60. The van der Waals surface area contributed by atoms with Gasteiger partial charge in [-0.15, -0.1) is 0 Å². The maximum Gasteiger partial charge on any atom is 0.407 e. The first-order valence-electron chi connectivity index (χ1n) is 11.9. The van der Waals surface area contributed by atoms with Gasteiger partial charge in [-0.05, 0) is 75.6 Å².